The highest BCUT2D eigenvalue weighted by Crippen LogP contribution is 2.24. The van der Waals surface area contributed by atoms with Crippen LogP contribution in [0.15, 0.2) is 24.1 Å². The number of rotatable bonds is 11. The minimum Gasteiger partial charge on any atom is -0.228 e. The molecule has 0 aromatic heterocycles. The van der Waals surface area contributed by atoms with Crippen molar-refractivity contribution in [2.45, 2.75) is 32.6 Å². The Kier molecular flexibility index (Phi) is 11.3. The smallest absolute Gasteiger partial charge is 0.157 e. The van der Waals surface area contributed by atoms with Gasteiger partial charge in [-0.25, -0.2) is 8.42 Å². The van der Waals surface area contributed by atoms with E-state index < -0.39 is 9.84 Å². The fourth-order valence-electron chi connectivity index (χ4n) is 1.15. The van der Waals surface area contributed by atoms with Crippen LogP contribution in [-0.4, -0.2) is 25.7 Å². The van der Waals surface area contributed by atoms with Crippen LogP contribution in [0.5, 0.6) is 0 Å². The van der Waals surface area contributed by atoms with Crippen molar-refractivity contribution in [1.82, 2.24) is 0 Å². The lowest BCUT2D eigenvalue weighted by Crippen LogP contribution is -2.06. The van der Waals surface area contributed by atoms with Gasteiger partial charge in [0.1, 0.15) is 0 Å². The molecule has 0 aliphatic rings. The van der Waals surface area contributed by atoms with Crippen molar-refractivity contribution in [3.63, 3.8) is 0 Å². The van der Waals surface area contributed by atoms with E-state index in [9.17, 15) is 8.42 Å². The van der Waals surface area contributed by atoms with Gasteiger partial charge in [-0.1, -0.05) is 59.9 Å². The lowest BCUT2D eigenvalue weighted by molar-refractivity contribution is 0.602. The second-order valence-electron chi connectivity index (χ2n) is 3.72. The van der Waals surface area contributed by atoms with Gasteiger partial charge in [-0.15, -0.1) is 6.58 Å². The molecule has 0 radical (unpaired) electrons. The standard InChI is InChI=1S/C12H22O2S3/c1-3-5-6-7-9-15-16-10-8-12-17(13,14)11-4-2/h4,8,10H,2-3,5-7,9,11-12H2,1H3/b10-8+. The molecule has 0 saturated carbocycles. The molecule has 0 bridgehead atoms. The zero-order valence-corrected chi connectivity index (χ0v) is 12.9. The van der Waals surface area contributed by atoms with E-state index >= 15 is 0 Å². The highest BCUT2D eigenvalue weighted by Gasteiger charge is 2.03. The first-order valence-corrected chi connectivity index (χ1v) is 10.1. The number of hydrogen-bond donors (Lipinski definition) is 0. The average Bonchev–Trinajstić information content (AvgIpc) is 2.27. The summed E-state index contributed by atoms with van der Waals surface area (Å²) in [5.41, 5.74) is 0. The van der Waals surface area contributed by atoms with Crippen molar-refractivity contribution in [2.75, 3.05) is 17.3 Å². The van der Waals surface area contributed by atoms with Crippen LogP contribution >= 0.6 is 21.6 Å². The monoisotopic (exact) mass is 294 g/mol. The van der Waals surface area contributed by atoms with Crippen LogP contribution in [0.2, 0.25) is 0 Å². The van der Waals surface area contributed by atoms with Crippen LogP contribution in [0.25, 0.3) is 0 Å². The van der Waals surface area contributed by atoms with Gasteiger partial charge in [0, 0.05) is 5.75 Å². The zero-order chi connectivity index (χ0) is 13.0. The summed E-state index contributed by atoms with van der Waals surface area (Å²) in [4.78, 5) is 0. The van der Waals surface area contributed by atoms with Crippen LogP contribution in [0.3, 0.4) is 0 Å². The van der Waals surface area contributed by atoms with Gasteiger partial charge in [-0.05, 0) is 11.8 Å². The third kappa shape index (κ3) is 12.4. The van der Waals surface area contributed by atoms with Crippen molar-refractivity contribution >= 4 is 31.4 Å². The van der Waals surface area contributed by atoms with Gasteiger partial charge in [0.05, 0.1) is 11.5 Å². The zero-order valence-electron chi connectivity index (χ0n) is 10.4. The summed E-state index contributed by atoms with van der Waals surface area (Å²) in [5, 5.41) is 1.87. The molecule has 0 N–H and O–H groups in total. The van der Waals surface area contributed by atoms with E-state index in [1.54, 1.807) is 27.7 Å². The second-order valence-corrected chi connectivity index (χ2v) is 8.26. The Balaban J connectivity index is 3.46. The van der Waals surface area contributed by atoms with Gasteiger partial charge < -0.3 is 0 Å². The Bertz CT molecular complexity index is 308. The van der Waals surface area contributed by atoms with E-state index in [0.717, 1.165) is 5.75 Å². The van der Waals surface area contributed by atoms with E-state index in [1.807, 2.05) is 5.41 Å². The summed E-state index contributed by atoms with van der Waals surface area (Å²) >= 11 is 0. The van der Waals surface area contributed by atoms with Gasteiger partial charge in [0.25, 0.3) is 0 Å². The lowest BCUT2D eigenvalue weighted by Gasteiger charge is -1.97. The third-order valence-electron chi connectivity index (χ3n) is 2.02. The molecule has 17 heavy (non-hydrogen) atoms. The van der Waals surface area contributed by atoms with Gasteiger partial charge >= 0.3 is 0 Å². The molecule has 0 fully saturated rings. The Labute approximate surface area is 114 Å². The fourth-order valence-corrected chi connectivity index (χ4v) is 3.94. The number of hydrogen-bond acceptors (Lipinski definition) is 4. The minimum atomic E-state index is -2.96. The number of unbranched alkanes of at least 4 members (excludes halogenated alkanes) is 3. The van der Waals surface area contributed by atoms with Gasteiger partial charge in [0.15, 0.2) is 9.84 Å². The Morgan fingerprint density at radius 3 is 2.59 bits per heavy atom. The van der Waals surface area contributed by atoms with Crippen molar-refractivity contribution in [3.05, 3.63) is 24.1 Å². The maximum atomic E-state index is 11.3. The quantitative estimate of drug-likeness (QED) is 0.327. The largest absolute Gasteiger partial charge is 0.228 e. The summed E-state index contributed by atoms with van der Waals surface area (Å²) in [7, 11) is 0.435. The summed E-state index contributed by atoms with van der Waals surface area (Å²) in [6.07, 6.45) is 8.25. The first kappa shape index (κ1) is 17.1. The molecule has 0 aliphatic heterocycles. The van der Waals surface area contributed by atoms with E-state index in [0.29, 0.717) is 0 Å². The van der Waals surface area contributed by atoms with E-state index in [4.69, 9.17) is 0 Å². The minimum absolute atomic E-state index is 0.0617. The summed E-state index contributed by atoms with van der Waals surface area (Å²) in [5.74, 6) is 1.31. The van der Waals surface area contributed by atoms with Crippen molar-refractivity contribution in [2.24, 2.45) is 0 Å². The first-order chi connectivity index (χ1) is 8.12. The molecule has 0 aromatic rings. The van der Waals surface area contributed by atoms with E-state index in [1.165, 1.54) is 31.8 Å². The molecule has 2 nitrogen and oxygen atoms in total. The lowest BCUT2D eigenvalue weighted by atomic mass is 10.2. The van der Waals surface area contributed by atoms with Crippen LogP contribution in [0.1, 0.15) is 32.6 Å². The van der Waals surface area contributed by atoms with Gasteiger partial charge in [-0.2, -0.15) is 0 Å². The highest BCUT2D eigenvalue weighted by molar-refractivity contribution is 8.77. The molecule has 0 aromatic carbocycles. The van der Waals surface area contributed by atoms with Crippen LogP contribution < -0.4 is 0 Å². The van der Waals surface area contributed by atoms with Crippen molar-refractivity contribution in [3.8, 4) is 0 Å². The van der Waals surface area contributed by atoms with Crippen LogP contribution in [0.4, 0.5) is 0 Å². The molecule has 0 unspecified atom stereocenters. The van der Waals surface area contributed by atoms with E-state index in [-0.39, 0.29) is 11.5 Å². The normalized spacial score (nSPS) is 12.1. The van der Waals surface area contributed by atoms with Crippen LogP contribution in [-0.2, 0) is 9.84 Å². The topological polar surface area (TPSA) is 34.1 Å². The number of sulfone groups is 1. The molecule has 0 amide bonds. The summed E-state index contributed by atoms with van der Waals surface area (Å²) in [6.45, 7) is 5.63. The maximum absolute atomic E-state index is 11.3. The predicted molar refractivity (Wildman–Crippen MR) is 82.2 cm³/mol. The molecule has 100 valence electrons. The molecule has 0 rings (SSSR count). The highest BCUT2D eigenvalue weighted by atomic mass is 33.1. The Morgan fingerprint density at radius 1 is 1.18 bits per heavy atom. The van der Waals surface area contributed by atoms with Gasteiger partial charge in [-0.3, -0.25) is 0 Å². The Hall–Kier alpha value is 0.130. The summed E-state index contributed by atoms with van der Waals surface area (Å²) < 4.78 is 22.6. The van der Waals surface area contributed by atoms with Crippen LogP contribution in [0, 0.1) is 0 Å². The van der Waals surface area contributed by atoms with Gasteiger partial charge in [0.2, 0.25) is 0 Å². The molecular formula is C12H22O2S3. The van der Waals surface area contributed by atoms with E-state index in [2.05, 4.69) is 13.5 Å². The SMILES string of the molecule is C=CCS(=O)(=O)C/C=C/SSCCCCCC. The molecule has 0 aliphatic carbocycles. The third-order valence-corrected chi connectivity index (χ3v) is 5.60. The molecule has 5 heteroatoms. The van der Waals surface area contributed by atoms with Crippen molar-refractivity contribution in [1.29, 1.82) is 0 Å². The average molecular weight is 295 g/mol. The molecule has 0 heterocycles. The molecule has 0 spiro atoms. The predicted octanol–water partition coefficient (Wildman–Crippen LogP) is 4.06. The van der Waals surface area contributed by atoms with Crippen molar-refractivity contribution < 1.29 is 8.42 Å². The molecule has 0 atom stereocenters. The maximum Gasteiger partial charge on any atom is 0.157 e. The molecule has 0 saturated heterocycles. The fraction of sp³-hybridized carbons (Fsp3) is 0.667. The summed E-state index contributed by atoms with van der Waals surface area (Å²) in [6, 6.07) is 0. The Morgan fingerprint density at radius 2 is 1.94 bits per heavy atom. The second kappa shape index (κ2) is 11.2. The molecular weight excluding hydrogens is 272 g/mol. The first-order valence-electron chi connectivity index (χ1n) is 5.87.